The molecule has 0 radical (unpaired) electrons. The Morgan fingerprint density at radius 1 is 1.07 bits per heavy atom. The third-order valence-corrected chi connectivity index (χ3v) is 2.23. The van der Waals surface area contributed by atoms with Gasteiger partial charge >= 0.3 is 0 Å². The first kappa shape index (κ1) is 11.8. The molecule has 0 amide bonds. The summed E-state index contributed by atoms with van der Waals surface area (Å²) < 4.78 is 14.8. The Hall–Kier alpha value is -0.240. The highest BCUT2D eigenvalue weighted by Crippen LogP contribution is 2.21. The fraction of sp³-hybridized carbons (Fsp3) is 1.00. The number of methoxy groups -OCH3 is 2. The highest BCUT2D eigenvalue weighted by Gasteiger charge is 2.43. The van der Waals surface area contributed by atoms with Gasteiger partial charge in [-0.05, 0) is 0 Å². The van der Waals surface area contributed by atoms with Gasteiger partial charge in [-0.3, -0.25) is 0 Å². The maximum Gasteiger partial charge on any atom is 0.186 e. The molecule has 1 rings (SSSR count). The van der Waals surface area contributed by atoms with E-state index in [0.29, 0.717) is 0 Å². The van der Waals surface area contributed by atoms with E-state index in [0.717, 1.165) is 0 Å². The predicted octanol–water partition coefficient (Wildman–Crippen LogP) is -1.91. The lowest BCUT2D eigenvalue weighted by molar-refractivity contribution is -0.295. The van der Waals surface area contributed by atoms with Crippen LogP contribution >= 0.6 is 0 Å². The molecule has 6 nitrogen and oxygen atoms in total. The average Bonchev–Trinajstić information content (AvgIpc) is 2.19. The molecule has 0 spiro atoms. The predicted molar refractivity (Wildman–Crippen MR) is 45.6 cm³/mol. The van der Waals surface area contributed by atoms with Gasteiger partial charge < -0.3 is 29.5 Å². The largest absolute Gasteiger partial charge is 0.387 e. The van der Waals surface area contributed by atoms with Crippen molar-refractivity contribution in [3.63, 3.8) is 0 Å². The van der Waals surface area contributed by atoms with Crippen molar-refractivity contribution in [2.45, 2.75) is 30.7 Å². The van der Waals surface area contributed by atoms with Crippen molar-refractivity contribution in [1.29, 1.82) is 0 Å². The van der Waals surface area contributed by atoms with Crippen molar-refractivity contribution >= 4 is 0 Å². The summed E-state index contributed by atoms with van der Waals surface area (Å²) >= 11 is 0. The summed E-state index contributed by atoms with van der Waals surface area (Å²) in [7, 11) is 2.80. The number of hydrogen-bond acceptors (Lipinski definition) is 6. The lowest BCUT2D eigenvalue weighted by atomic mass is 9.99. The van der Waals surface area contributed by atoms with E-state index in [1.807, 2.05) is 0 Å². The monoisotopic (exact) mass is 208 g/mol. The van der Waals surface area contributed by atoms with E-state index in [1.54, 1.807) is 0 Å². The number of aliphatic hydroxyl groups excluding tert-OH is 3. The number of rotatable bonds is 3. The van der Waals surface area contributed by atoms with Crippen LogP contribution < -0.4 is 0 Å². The van der Waals surface area contributed by atoms with Crippen LogP contribution in [0.15, 0.2) is 0 Å². The molecule has 3 N–H and O–H groups in total. The van der Waals surface area contributed by atoms with Gasteiger partial charge in [-0.25, -0.2) is 0 Å². The molecule has 1 aliphatic heterocycles. The molecular weight excluding hydrogens is 192 g/mol. The lowest BCUT2D eigenvalue weighted by Gasteiger charge is -2.39. The van der Waals surface area contributed by atoms with Crippen LogP contribution in [-0.4, -0.2) is 66.9 Å². The summed E-state index contributed by atoms with van der Waals surface area (Å²) in [6, 6.07) is 0. The van der Waals surface area contributed by atoms with Gasteiger partial charge in [0.2, 0.25) is 0 Å². The first-order chi connectivity index (χ1) is 6.61. The molecule has 0 aliphatic carbocycles. The first-order valence-corrected chi connectivity index (χ1v) is 4.33. The van der Waals surface area contributed by atoms with Crippen LogP contribution in [0.1, 0.15) is 0 Å². The SMILES string of the molecule is COC[C@H]1O[C@H](OC)[C@@H](O)[C@@H](O)[C@@H]1O. The first-order valence-electron chi connectivity index (χ1n) is 4.33. The molecule has 0 aromatic rings. The third kappa shape index (κ3) is 2.22. The molecule has 6 heteroatoms. The van der Waals surface area contributed by atoms with E-state index in [4.69, 9.17) is 14.2 Å². The van der Waals surface area contributed by atoms with Gasteiger partial charge in [-0.2, -0.15) is 0 Å². The van der Waals surface area contributed by atoms with Gasteiger partial charge in [0.1, 0.15) is 24.4 Å². The third-order valence-electron chi connectivity index (χ3n) is 2.23. The molecule has 1 aliphatic rings. The summed E-state index contributed by atoms with van der Waals surface area (Å²) in [5.41, 5.74) is 0. The molecular formula is C8H16O6. The minimum absolute atomic E-state index is 0.130. The molecule has 1 fully saturated rings. The van der Waals surface area contributed by atoms with E-state index < -0.39 is 30.7 Å². The molecule has 84 valence electrons. The normalized spacial score (nSPS) is 43.9. The topological polar surface area (TPSA) is 88.4 Å². The van der Waals surface area contributed by atoms with Gasteiger partial charge in [0, 0.05) is 14.2 Å². The number of aliphatic hydroxyl groups is 3. The van der Waals surface area contributed by atoms with Crippen LogP contribution in [0.25, 0.3) is 0 Å². The minimum Gasteiger partial charge on any atom is -0.387 e. The van der Waals surface area contributed by atoms with Gasteiger partial charge in [-0.15, -0.1) is 0 Å². The fourth-order valence-corrected chi connectivity index (χ4v) is 1.41. The van der Waals surface area contributed by atoms with Crippen molar-refractivity contribution in [1.82, 2.24) is 0 Å². The summed E-state index contributed by atoms with van der Waals surface area (Å²) in [5, 5.41) is 28.3. The maximum absolute atomic E-state index is 9.48. The standard InChI is InChI=1S/C8H16O6/c1-12-3-4-5(9)6(10)7(11)8(13-2)14-4/h4-11H,3H2,1-2H3/t4-,5-,6+,7+,8+/m1/s1. The van der Waals surface area contributed by atoms with E-state index in [2.05, 4.69) is 0 Å². The van der Waals surface area contributed by atoms with E-state index >= 15 is 0 Å². The number of ether oxygens (including phenoxy) is 3. The molecule has 0 saturated carbocycles. The second-order valence-corrected chi connectivity index (χ2v) is 3.21. The van der Waals surface area contributed by atoms with Gasteiger partial charge in [0.15, 0.2) is 6.29 Å². The van der Waals surface area contributed by atoms with Crippen molar-refractivity contribution in [3.8, 4) is 0 Å². The van der Waals surface area contributed by atoms with E-state index in [9.17, 15) is 15.3 Å². The summed E-state index contributed by atoms with van der Waals surface area (Å²) in [6.45, 7) is 0.130. The highest BCUT2D eigenvalue weighted by atomic mass is 16.7. The molecule has 1 heterocycles. The van der Waals surface area contributed by atoms with Crippen LogP contribution in [0.3, 0.4) is 0 Å². The van der Waals surface area contributed by atoms with Crippen LogP contribution in [0.2, 0.25) is 0 Å². The summed E-state index contributed by atoms with van der Waals surface area (Å²) in [4.78, 5) is 0. The smallest absolute Gasteiger partial charge is 0.186 e. The summed E-state index contributed by atoms with van der Waals surface area (Å²) in [6.07, 6.45) is -5.33. The molecule has 0 aromatic heterocycles. The zero-order chi connectivity index (χ0) is 10.7. The van der Waals surface area contributed by atoms with Crippen molar-refractivity contribution < 1.29 is 29.5 Å². The van der Waals surface area contributed by atoms with E-state index in [1.165, 1.54) is 14.2 Å². The maximum atomic E-state index is 9.48. The molecule has 0 unspecified atom stereocenters. The molecule has 0 aromatic carbocycles. The zero-order valence-corrected chi connectivity index (χ0v) is 8.16. The number of hydrogen-bond donors (Lipinski definition) is 3. The Morgan fingerprint density at radius 3 is 2.21 bits per heavy atom. The molecule has 0 bridgehead atoms. The van der Waals surface area contributed by atoms with Crippen LogP contribution in [0.5, 0.6) is 0 Å². The van der Waals surface area contributed by atoms with Crippen LogP contribution in [0, 0.1) is 0 Å². The minimum atomic E-state index is -1.28. The Bertz CT molecular complexity index is 171. The Morgan fingerprint density at radius 2 is 1.71 bits per heavy atom. The van der Waals surface area contributed by atoms with Gasteiger partial charge in [-0.1, -0.05) is 0 Å². The quantitative estimate of drug-likeness (QED) is 0.501. The van der Waals surface area contributed by atoms with Crippen LogP contribution in [0.4, 0.5) is 0 Å². The van der Waals surface area contributed by atoms with Gasteiger partial charge in [0.05, 0.1) is 6.61 Å². The highest BCUT2D eigenvalue weighted by molar-refractivity contribution is 4.88. The van der Waals surface area contributed by atoms with E-state index in [-0.39, 0.29) is 6.61 Å². The lowest BCUT2D eigenvalue weighted by Crippen LogP contribution is -2.59. The fourth-order valence-electron chi connectivity index (χ4n) is 1.41. The average molecular weight is 208 g/mol. The van der Waals surface area contributed by atoms with Crippen molar-refractivity contribution in [2.24, 2.45) is 0 Å². The van der Waals surface area contributed by atoms with Crippen LogP contribution in [-0.2, 0) is 14.2 Å². The molecule has 5 atom stereocenters. The van der Waals surface area contributed by atoms with Crippen molar-refractivity contribution in [3.05, 3.63) is 0 Å². The molecule has 14 heavy (non-hydrogen) atoms. The van der Waals surface area contributed by atoms with Gasteiger partial charge in [0.25, 0.3) is 0 Å². The zero-order valence-electron chi connectivity index (χ0n) is 8.16. The second-order valence-electron chi connectivity index (χ2n) is 3.21. The Labute approximate surface area is 82.0 Å². The van der Waals surface area contributed by atoms with Crippen molar-refractivity contribution in [2.75, 3.05) is 20.8 Å². The second kappa shape index (κ2) is 5.01. The summed E-state index contributed by atoms with van der Waals surface area (Å²) in [5.74, 6) is 0. The Kier molecular flexibility index (Phi) is 4.24. The Balaban J connectivity index is 2.63. The molecule has 1 saturated heterocycles.